The van der Waals surface area contributed by atoms with E-state index in [2.05, 4.69) is 10.6 Å². The smallest absolute Gasteiger partial charge is 0.269 e. The zero-order chi connectivity index (χ0) is 24.0. The molecule has 2 N–H and O–H groups in total. The molecule has 0 fully saturated rings. The maximum Gasteiger partial charge on any atom is 0.269 e. The third-order valence-corrected chi connectivity index (χ3v) is 5.18. The summed E-state index contributed by atoms with van der Waals surface area (Å²) in [6.07, 6.45) is 0. The highest BCUT2D eigenvalue weighted by molar-refractivity contribution is 6.03. The third kappa shape index (κ3) is 5.46. The summed E-state index contributed by atoms with van der Waals surface area (Å²) in [5.41, 5.74) is 2.14. The van der Waals surface area contributed by atoms with E-state index in [0.717, 1.165) is 11.3 Å². The minimum Gasteiger partial charge on any atom is -0.497 e. The number of hydrogen-bond donors (Lipinski definition) is 2. The van der Waals surface area contributed by atoms with E-state index in [1.54, 1.807) is 51.3 Å². The second kappa shape index (κ2) is 10.3. The lowest BCUT2D eigenvalue weighted by molar-refractivity contribution is -0.116. The maximum absolute atomic E-state index is 12.8. The minimum absolute atomic E-state index is 0.00621. The number of nitriles is 1. The fourth-order valence-corrected chi connectivity index (χ4v) is 3.40. The molecule has 0 saturated carbocycles. The third-order valence-electron chi connectivity index (χ3n) is 5.18. The van der Waals surface area contributed by atoms with E-state index in [1.807, 2.05) is 30.3 Å². The van der Waals surface area contributed by atoms with E-state index in [1.165, 1.54) is 4.57 Å². The van der Waals surface area contributed by atoms with Crippen molar-refractivity contribution in [1.82, 2.24) is 9.88 Å². The van der Waals surface area contributed by atoms with Crippen molar-refractivity contribution in [2.24, 2.45) is 0 Å². The Bertz CT molecular complexity index is 1290. The first-order valence-corrected chi connectivity index (χ1v) is 10.2. The Kier molecular flexibility index (Phi) is 7.26. The molecule has 1 aromatic heterocycles. The van der Waals surface area contributed by atoms with Gasteiger partial charge in [-0.3, -0.25) is 14.4 Å². The molecule has 2 amide bonds. The quantitative estimate of drug-likeness (QED) is 0.582. The summed E-state index contributed by atoms with van der Waals surface area (Å²) < 4.78 is 6.37. The molecular weight excluding hydrogens is 420 g/mol. The average molecular weight is 444 g/mol. The number of carbonyl (C=O) groups excluding carboxylic acids is 2. The van der Waals surface area contributed by atoms with Gasteiger partial charge in [-0.2, -0.15) is 5.26 Å². The zero-order valence-electron chi connectivity index (χ0n) is 18.6. The van der Waals surface area contributed by atoms with Gasteiger partial charge < -0.3 is 19.9 Å². The number of aromatic nitrogens is 1. The number of nitrogens with one attached hydrogen (secondary N) is 2. The van der Waals surface area contributed by atoms with E-state index in [-0.39, 0.29) is 18.0 Å². The molecule has 0 unspecified atom stereocenters. The molecule has 0 aliphatic rings. The number of methoxy groups -OCH3 is 1. The molecule has 168 valence electrons. The Morgan fingerprint density at radius 3 is 2.45 bits per heavy atom. The lowest BCUT2D eigenvalue weighted by Crippen LogP contribution is -2.32. The van der Waals surface area contributed by atoms with Crippen molar-refractivity contribution in [3.63, 3.8) is 0 Å². The number of hydrogen-bond acceptors (Lipinski definition) is 5. The van der Waals surface area contributed by atoms with Gasteiger partial charge in [0, 0.05) is 12.2 Å². The lowest BCUT2D eigenvalue weighted by atomic mass is 10.1. The summed E-state index contributed by atoms with van der Waals surface area (Å²) in [6.45, 7) is 3.41. The van der Waals surface area contributed by atoms with Gasteiger partial charge in [0.15, 0.2) is 0 Å². The van der Waals surface area contributed by atoms with Crippen LogP contribution in [0, 0.1) is 25.2 Å². The Morgan fingerprint density at radius 2 is 1.79 bits per heavy atom. The predicted octanol–water partition coefficient (Wildman–Crippen LogP) is 2.91. The first-order chi connectivity index (χ1) is 15.8. The highest BCUT2D eigenvalue weighted by Crippen LogP contribution is 2.16. The summed E-state index contributed by atoms with van der Waals surface area (Å²) in [5, 5.41) is 14.8. The molecule has 1 heterocycles. The lowest BCUT2D eigenvalue weighted by Gasteiger charge is -2.14. The molecule has 0 aliphatic carbocycles. The van der Waals surface area contributed by atoms with E-state index >= 15 is 0 Å². The van der Waals surface area contributed by atoms with E-state index < -0.39 is 11.5 Å². The van der Waals surface area contributed by atoms with Crippen molar-refractivity contribution in [3.05, 3.63) is 92.9 Å². The van der Waals surface area contributed by atoms with Crippen molar-refractivity contribution >= 4 is 17.5 Å². The molecule has 0 saturated heterocycles. The van der Waals surface area contributed by atoms with Crippen molar-refractivity contribution in [1.29, 1.82) is 5.26 Å². The Balaban J connectivity index is 1.73. The van der Waals surface area contributed by atoms with E-state index in [0.29, 0.717) is 29.1 Å². The van der Waals surface area contributed by atoms with E-state index in [4.69, 9.17) is 4.74 Å². The summed E-state index contributed by atoms with van der Waals surface area (Å²) >= 11 is 0. The van der Waals surface area contributed by atoms with Gasteiger partial charge in [0.25, 0.3) is 11.5 Å². The molecule has 0 spiro atoms. The number of nitrogens with zero attached hydrogens (tertiary/aromatic N) is 2. The number of carbonyl (C=O) groups is 2. The second-order valence-electron chi connectivity index (χ2n) is 7.47. The van der Waals surface area contributed by atoms with Gasteiger partial charge in [-0.15, -0.1) is 0 Å². The normalized spacial score (nSPS) is 10.2. The van der Waals surface area contributed by atoms with Crippen LogP contribution in [-0.4, -0.2) is 23.5 Å². The highest BCUT2D eigenvalue weighted by Gasteiger charge is 2.16. The molecule has 0 aliphatic heterocycles. The van der Waals surface area contributed by atoms with Crippen LogP contribution in [0.5, 0.6) is 5.75 Å². The Hall–Kier alpha value is -4.38. The first-order valence-electron chi connectivity index (χ1n) is 10.2. The van der Waals surface area contributed by atoms with Crippen molar-refractivity contribution in [2.75, 3.05) is 12.4 Å². The average Bonchev–Trinajstić information content (AvgIpc) is 2.81. The molecule has 0 radical (unpaired) electrons. The largest absolute Gasteiger partial charge is 0.497 e. The number of rotatable bonds is 7. The van der Waals surface area contributed by atoms with Gasteiger partial charge in [0.1, 0.15) is 23.9 Å². The van der Waals surface area contributed by atoms with Crippen LogP contribution in [0.15, 0.2) is 59.4 Å². The van der Waals surface area contributed by atoms with Crippen molar-refractivity contribution in [3.8, 4) is 11.8 Å². The van der Waals surface area contributed by atoms with Gasteiger partial charge in [-0.1, -0.05) is 24.3 Å². The predicted molar refractivity (Wildman–Crippen MR) is 124 cm³/mol. The monoisotopic (exact) mass is 444 g/mol. The number of pyridine rings is 1. The van der Waals surface area contributed by atoms with Gasteiger partial charge in [-0.25, -0.2) is 0 Å². The van der Waals surface area contributed by atoms with Gasteiger partial charge >= 0.3 is 0 Å². The second-order valence-corrected chi connectivity index (χ2v) is 7.47. The number of anilines is 1. The summed E-state index contributed by atoms with van der Waals surface area (Å²) in [4.78, 5) is 38.0. The zero-order valence-corrected chi connectivity index (χ0v) is 18.6. The number of amides is 2. The Morgan fingerprint density at radius 1 is 1.09 bits per heavy atom. The van der Waals surface area contributed by atoms with Crippen LogP contribution < -0.4 is 20.9 Å². The van der Waals surface area contributed by atoms with Crippen LogP contribution in [-0.2, 0) is 17.9 Å². The summed E-state index contributed by atoms with van der Waals surface area (Å²) in [7, 11) is 1.58. The highest BCUT2D eigenvalue weighted by atomic mass is 16.5. The fourth-order valence-electron chi connectivity index (χ4n) is 3.40. The number of benzene rings is 2. The van der Waals surface area contributed by atoms with Crippen LogP contribution in [0.2, 0.25) is 0 Å². The number of ether oxygens (including phenoxy) is 1. The molecule has 3 aromatic rings. The maximum atomic E-state index is 12.8. The van der Waals surface area contributed by atoms with E-state index in [9.17, 15) is 19.6 Å². The van der Waals surface area contributed by atoms with Crippen LogP contribution in [0.3, 0.4) is 0 Å². The molecule has 2 aromatic carbocycles. The molecular formula is C25H24N4O4. The number of aryl methyl sites for hydroxylation is 2. The van der Waals surface area contributed by atoms with Crippen LogP contribution in [0.1, 0.15) is 32.7 Å². The molecule has 33 heavy (non-hydrogen) atoms. The standard InChI is InChI=1S/C25H24N4O4/c1-16-12-17(2)29(25(32)21(16)13-26)15-23(30)28-22-7-5-4-6-20(22)24(31)27-14-18-8-10-19(33-3)11-9-18/h4-12H,14-15H2,1-3H3,(H,27,31)(H,28,30). The van der Waals surface area contributed by atoms with Crippen molar-refractivity contribution in [2.45, 2.75) is 26.9 Å². The molecule has 8 heteroatoms. The molecule has 3 rings (SSSR count). The summed E-state index contributed by atoms with van der Waals surface area (Å²) in [6, 6.07) is 17.5. The van der Waals surface area contributed by atoms with Crippen LogP contribution in [0.25, 0.3) is 0 Å². The Labute approximate surface area is 191 Å². The number of para-hydroxylation sites is 1. The topological polar surface area (TPSA) is 113 Å². The fraction of sp³-hybridized carbons (Fsp3) is 0.200. The SMILES string of the molecule is COc1ccc(CNC(=O)c2ccccc2NC(=O)Cn2c(C)cc(C)c(C#N)c2=O)cc1. The molecule has 0 atom stereocenters. The van der Waals surface area contributed by atoms with Gasteiger partial charge in [0.05, 0.1) is 18.4 Å². The minimum atomic E-state index is -0.518. The van der Waals surface area contributed by atoms with Crippen LogP contribution >= 0.6 is 0 Å². The molecule has 8 nitrogen and oxygen atoms in total. The van der Waals surface area contributed by atoms with Gasteiger partial charge in [-0.05, 0) is 55.3 Å². The first kappa shape index (κ1) is 23.3. The van der Waals surface area contributed by atoms with Crippen molar-refractivity contribution < 1.29 is 14.3 Å². The van der Waals surface area contributed by atoms with Gasteiger partial charge in [0.2, 0.25) is 5.91 Å². The molecule has 0 bridgehead atoms. The summed E-state index contributed by atoms with van der Waals surface area (Å²) in [5.74, 6) is -0.108. The van der Waals surface area contributed by atoms with Crippen LogP contribution in [0.4, 0.5) is 5.69 Å².